The summed E-state index contributed by atoms with van der Waals surface area (Å²) in [6.07, 6.45) is 0. The Balaban J connectivity index is 1.80. The van der Waals surface area contributed by atoms with Gasteiger partial charge in [-0.3, -0.25) is 0 Å². The monoisotopic (exact) mass is 272 g/mol. The summed E-state index contributed by atoms with van der Waals surface area (Å²) >= 11 is 1.64. The van der Waals surface area contributed by atoms with E-state index in [0.29, 0.717) is 6.61 Å². The fourth-order valence-corrected chi connectivity index (χ4v) is 2.97. The van der Waals surface area contributed by atoms with Gasteiger partial charge < -0.3 is 4.74 Å². The maximum absolute atomic E-state index is 13.1. The topological polar surface area (TPSA) is 9.23 Å². The maximum atomic E-state index is 13.1. The molecular formula is C16H13FOS. The Morgan fingerprint density at radius 2 is 1.95 bits per heavy atom. The fourth-order valence-electron chi connectivity index (χ4n) is 2.01. The van der Waals surface area contributed by atoms with Crippen LogP contribution in [0.4, 0.5) is 4.39 Å². The molecule has 2 aromatic carbocycles. The molecule has 0 saturated carbocycles. The predicted octanol–water partition coefficient (Wildman–Crippen LogP) is 4.93. The summed E-state index contributed by atoms with van der Waals surface area (Å²) in [5.74, 6) is 0.697. The van der Waals surface area contributed by atoms with E-state index in [0.717, 1.165) is 26.3 Å². The second-order valence-electron chi connectivity index (χ2n) is 4.45. The number of rotatable bonds is 3. The molecular weight excluding hydrogens is 259 g/mol. The molecule has 0 aliphatic carbocycles. The van der Waals surface area contributed by atoms with Gasteiger partial charge in [0.1, 0.15) is 18.2 Å². The van der Waals surface area contributed by atoms with Crippen molar-refractivity contribution in [2.24, 2.45) is 0 Å². The molecule has 0 saturated heterocycles. The standard InChI is InChI=1S/C16H13FOS/c1-11-4-2-3-5-15(11)18-10-14-9-12-8-13(17)6-7-16(12)19-14/h2-9H,10H2,1H3. The van der Waals surface area contributed by atoms with Crippen molar-refractivity contribution < 1.29 is 9.13 Å². The highest BCUT2D eigenvalue weighted by molar-refractivity contribution is 7.19. The van der Waals surface area contributed by atoms with Crippen LogP contribution in [0.25, 0.3) is 10.1 Å². The lowest BCUT2D eigenvalue weighted by Crippen LogP contribution is -1.94. The number of ether oxygens (including phenoxy) is 1. The van der Waals surface area contributed by atoms with Crippen molar-refractivity contribution in [2.75, 3.05) is 0 Å². The SMILES string of the molecule is Cc1ccccc1OCc1cc2cc(F)ccc2s1. The smallest absolute Gasteiger partial charge is 0.123 e. The molecule has 0 fully saturated rings. The lowest BCUT2D eigenvalue weighted by Gasteiger charge is -2.06. The fraction of sp³-hybridized carbons (Fsp3) is 0.125. The minimum Gasteiger partial charge on any atom is -0.488 e. The zero-order chi connectivity index (χ0) is 13.2. The van der Waals surface area contributed by atoms with Gasteiger partial charge >= 0.3 is 0 Å². The van der Waals surface area contributed by atoms with E-state index in [2.05, 4.69) is 0 Å². The average molecular weight is 272 g/mol. The van der Waals surface area contributed by atoms with Crippen molar-refractivity contribution in [3.05, 3.63) is 64.8 Å². The molecule has 0 unspecified atom stereocenters. The minimum absolute atomic E-state index is 0.198. The zero-order valence-corrected chi connectivity index (χ0v) is 11.3. The Kier molecular flexibility index (Phi) is 3.22. The lowest BCUT2D eigenvalue weighted by atomic mass is 10.2. The molecule has 0 aliphatic heterocycles. The molecule has 0 atom stereocenters. The first-order valence-corrected chi connectivity index (χ1v) is 6.90. The van der Waals surface area contributed by atoms with Crippen molar-refractivity contribution >= 4 is 21.4 Å². The Morgan fingerprint density at radius 3 is 2.79 bits per heavy atom. The third-order valence-electron chi connectivity index (χ3n) is 2.99. The molecule has 0 spiro atoms. The van der Waals surface area contributed by atoms with Crippen LogP contribution in [0.15, 0.2) is 48.5 Å². The van der Waals surface area contributed by atoms with Crippen LogP contribution in [-0.2, 0) is 6.61 Å². The number of hydrogen-bond acceptors (Lipinski definition) is 2. The van der Waals surface area contributed by atoms with E-state index in [1.807, 2.05) is 43.3 Å². The number of benzene rings is 2. The van der Waals surface area contributed by atoms with Gasteiger partial charge in [0, 0.05) is 9.58 Å². The molecule has 1 nitrogen and oxygen atoms in total. The molecule has 0 bridgehead atoms. The molecule has 96 valence electrons. The van der Waals surface area contributed by atoms with Gasteiger partial charge in [-0.25, -0.2) is 4.39 Å². The van der Waals surface area contributed by atoms with E-state index in [4.69, 9.17) is 4.74 Å². The molecule has 1 aromatic heterocycles. The molecule has 19 heavy (non-hydrogen) atoms. The highest BCUT2D eigenvalue weighted by atomic mass is 32.1. The number of para-hydroxylation sites is 1. The minimum atomic E-state index is -0.198. The highest BCUT2D eigenvalue weighted by Crippen LogP contribution is 2.27. The third-order valence-corrected chi connectivity index (χ3v) is 4.08. The number of thiophene rings is 1. The molecule has 1 heterocycles. The first-order chi connectivity index (χ1) is 9.22. The van der Waals surface area contributed by atoms with E-state index in [1.165, 1.54) is 6.07 Å². The van der Waals surface area contributed by atoms with E-state index < -0.39 is 0 Å². The van der Waals surface area contributed by atoms with Gasteiger partial charge in [-0.2, -0.15) is 0 Å². The molecule has 0 aliphatic rings. The van der Waals surface area contributed by atoms with Gasteiger partial charge in [-0.15, -0.1) is 11.3 Å². The summed E-state index contributed by atoms with van der Waals surface area (Å²) in [4.78, 5) is 1.10. The van der Waals surface area contributed by atoms with Crippen LogP contribution in [-0.4, -0.2) is 0 Å². The lowest BCUT2D eigenvalue weighted by molar-refractivity contribution is 0.308. The third kappa shape index (κ3) is 2.61. The van der Waals surface area contributed by atoms with Crippen molar-refractivity contribution in [3.8, 4) is 5.75 Å². The van der Waals surface area contributed by atoms with Crippen LogP contribution in [0.2, 0.25) is 0 Å². The zero-order valence-electron chi connectivity index (χ0n) is 10.5. The van der Waals surface area contributed by atoms with E-state index in [9.17, 15) is 4.39 Å². The van der Waals surface area contributed by atoms with Crippen molar-refractivity contribution in [1.29, 1.82) is 0 Å². The summed E-state index contributed by atoms with van der Waals surface area (Å²) in [5, 5.41) is 0.938. The van der Waals surface area contributed by atoms with Crippen molar-refractivity contribution in [3.63, 3.8) is 0 Å². The van der Waals surface area contributed by atoms with Gasteiger partial charge in [0.05, 0.1) is 0 Å². The predicted molar refractivity (Wildman–Crippen MR) is 77.3 cm³/mol. The van der Waals surface area contributed by atoms with Crippen LogP contribution in [0.1, 0.15) is 10.4 Å². The van der Waals surface area contributed by atoms with Crippen LogP contribution in [0, 0.1) is 12.7 Å². The van der Waals surface area contributed by atoms with E-state index in [1.54, 1.807) is 17.4 Å². The molecule has 3 aromatic rings. The molecule has 3 rings (SSSR count). The first kappa shape index (κ1) is 12.2. The highest BCUT2D eigenvalue weighted by Gasteiger charge is 2.04. The van der Waals surface area contributed by atoms with E-state index in [-0.39, 0.29) is 5.82 Å². The Hall–Kier alpha value is -1.87. The van der Waals surface area contributed by atoms with Gasteiger partial charge in [0.15, 0.2) is 0 Å². The molecule has 0 radical (unpaired) electrons. The molecule has 0 amide bonds. The maximum Gasteiger partial charge on any atom is 0.123 e. The largest absolute Gasteiger partial charge is 0.488 e. The van der Waals surface area contributed by atoms with E-state index >= 15 is 0 Å². The first-order valence-electron chi connectivity index (χ1n) is 6.09. The Labute approximate surface area is 115 Å². The van der Waals surface area contributed by atoms with Crippen LogP contribution in [0.3, 0.4) is 0 Å². The van der Waals surface area contributed by atoms with Gasteiger partial charge in [-0.05, 0) is 48.2 Å². The Morgan fingerprint density at radius 1 is 1.11 bits per heavy atom. The summed E-state index contributed by atoms with van der Waals surface area (Å²) in [7, 11) is 0. The molecule has 3 heteroatoms. The summed E-state index contributed by atoms with van der Waals surface area (Å²) < 4.78 is 20.0. The van der Waals surface area contributed by atoms with Crippen LogP contribution in [0.5, 0.6) is 5.75 Å². The number of halogens is 1. The number of aryl methyl sites for hydroxylation is 1. The summed E-state index contributed by atoms with van der Waals surface area (Å²) in [6.45, 7) is 2.54. The summed E-state index contributed by atoms with van der Waals surface area (Å²) in [6, 6.07) is 14.8. The second-order valence-corrected chi connectivity index (χ2v) is 5.62. The van der Waals surface area contributed by atoms with Crippen molar-refractivity contribution in [2.45, 2.75) is 13.5 Å². The summed E-state index contributed by atoms with van der Waals surface area (Å²) in [5.41, 5.74) is 1.12. The van der Waals surface area contributed by atoms with Gasteiger partial charge in [-0.1, -0.05) is 18.2 Å². The number of fused-ring (bicyclic) bond motifs is 1. The average Bonchev–Trinajstić information content (AvgIpc) is 2.79. The number of hydrogen-bond donors (Lipinski definition) is 0. The Bertz CT molecular complexity index is 718. The quantitative estimate of drug-likeness (QED) is 0.657. The van der Waals surface area contributed by atoms with Gasteiger partial charge in [0.2, 0.25) is 0 Å². The van der Waals surface area contributed by atoms with Crippen molar-refractivity contribution in [1.82, 2.24) is 0 Å². The van der Waals surface area contributed by atoms with Crippen LogP contribution < -0.4 is 4.74 Å². The normalized spacial score (nSPS) is 10.8. The van der Waals surface area contributed by atoms with Gasteiger partial charge in [0.25, 0.3) is 0 Å². The van der Waals surface area contributed by atoms with Crippen LogP contribution >= 0.6 is 11.3 Å². The molecule has 0 N–H and O–H groups in total. The second kappa shape index (κ2) is 5.02.